The molecular formula is C15H20N2O. The Morgan fingerprint density at radius 1 is 1.11 bits per heavy atom. The van der Waals surface area contributed by atoms with Crippen LogP contribution in [0, 0.1) is 12.8 Å². The Balaban J connectivity index is 2.25. The zero-order valence-electron chi connectivity index (χ0n) is 11.2. The van der Waals surface area contributed by atoms with Gasteiger partial charge in [-0.25, -0.2) is 9.97 Å². The number of aromatic nitrogens is 2. The highest BCUT2D eigenvalue weighted by atomic mass is 16.3. The van der Waals surface area contributed by atoms with Crippen LogP contribution in [0.25, 0.3) is 11.0 Å². The third-order valence-electron chi connectivity index (χ3n) is 3.02. The summed E-state index contributed by atoms with van der Waals surface area (Å²) in [5.41, 5.74) is 3.63. The van der Waals surface area contributed by atoms with Crippen LogP contribution in [0.1, 0.15) is 31.7 Å². The summed E-state index contributed by atoms with van der Waals surface area (Å²) in [6, 6.07) is 7.84. The standard InChI is InChI=1S/C15H20N2O/c1-10(2)8-12(18)9-15-11(3)16-13-6-4-5-7-14(13)17-15/h4-7,10,12,18H,8-9H2,1-3H3. The molecule has 0 aliphatic carbocycles. The molecule has 0 saturated carbocycles. The molecule has 3 nitrogen and oxygen atoms in total. The van der Waals surface area contributed by atoms with E-state index in [4.69, 9.17) is 0 Å². The number of nitrogens with zero attached hydrogens (tertiary/aromatic N) is 2. The van der Waals surface area contributed by atoms with Gasteiger partial charge in [-0.15, -0.1) is 0 Å². The number of aliphatic hydroxyl groups is 1. The highest BCUT2D eigenvalue weighted by molar-refractivity contribution is 5.74. The van der Waals surface area contributed by atoms with E-state index in [0.29, 0.717) is 12.3 Å². The Morgan fingerprint density at radius 3 is 2.33 bits per heavy atom. The first-order valence-corrected chi connectivity index (χ1v) is 6.46. The first kappa shape index (κ1) is 13.0. The van der Waals surface area contributed by atoms with Crippen LogP contribution in [0.4, 0.5) is 0 Å². The summed E-state index contributed by atoms with van der Waals surface area (Å²) in [6.45, 7) is 6.18. The van der Waals surface area contributed by atoms with Crippen LogP contribution in [-0.2, 0) is 6.42 Å². The molecule has 1 N–H and O–H groups in total. The Bertz CT molecular complexity index is 537. The quantitative estimate of drug-likeness (QED) is 0.899. The van der Waals surface area contributed by atoms with Crippen molar-refractivity contribution in [2.24, 2.45) is 5.92 Å². The third kappa shape index (κ3) is 3.05. The lowest BCUT2D eigenvalue weighted by atomic mass is 10.0. The fourth-order valence-corrected chi connectivity index (χ4v) is 2.17. The van der Waals surface area contributed by atoms with E-state index in [1.165, 1.54) is 0 Å². The highest BCUT2D eigenvalue weighted by Gasteiger charge is 2.12. The van der Waals surface area contributed by atoms with E-state index in [-0.39, 0.29) is 6.10 Å². The molecule has 0 radical (unpaired) electrons. The van der Waals surface area contributed by atoms with E-state index in [2.05, 4.69) is 23.8 Å². The number of hydrogen-bond donors (Lipinski definition) is 1. The minimum Gasteiger partial charge on any atom is -0.393 e. The van der Waals surface area contributed by atoms with Crippen LogP contribution in [0.3, 0.4) is 0 Å². The molecule has 0 aliphatic rings. The SMILES string of the molecule is Cc1nc2ccccc2nc1CC(O)CC(C)C. The molecule has 2 rings (SSSR count). The number of hydrogen-bond acceptors (Lipinski definition) is 3. The lowest BCUT2D eigenvalue weighted by Gasteiger charge is -2.14. The van der Waals surface area contributed by atoms with Gasteiger partial charge < -0.3 is 5.11 Å². The molecule has 1 unspecified atom stereocenters. The van der Waals surface area contributed by atoms with Gasteiger partial charge in [0.25, 0.3) is 0 Å². The first-order chi connectivity index (χ1) is 8.56. The van der Waals surface area contributed by atoms with Crippen molar-refractivity contribution in [2.45, 2.75) is 39.7 Å². The maximum atomic E-state index is 10.0. The second kappa shape index (κ2) is 5.44. The van der Waals surface area contributed by atoms with Crippen LogP contribution >= 0.6 is 0 Å². The Morgan fingerprint density at radius 2 is 1.72 bits per heavy atom. The second-order valence-electron chi connectivity index (χ2n) is 5.23. The molecule has 3 heteroatoms. The van der Waals surface area contributed by atoms with E-state index in [1.807, 2.05) is 31.2 Å². The normalized spacial score (nSPS) is 13.2. The highest BCUT2D eigenvalue weighted by Crippen LogP contribution is 2.15. The smallest absolute Gasteiger partial charge is 0.0890 e. The van der Waals surface area contributed by atoms with Crippen molar-refractivity contribution in [2.75, 3.05) is 0 Å². The molecule has 0 amide bonds. The lowest BCUT2D eigenvalue weighted by molar-refractivity contribution is 0.148. The van der Waals surface area contributed by atoms with Gasteiger partial charge in [-0.05, 0) is 31.4 Å². The van der Waals surface area contributed by atoms with E-state index in [9.17, 15) is 5.11 Å². The molecule has 1 aromatic heterocycles. The van der Waals surface area contributed by atoms with Crippen LogP contribution < -0.4 is 0 Å². The maximum absolute atomic E-state index is 10.0. The van der Waals surface area contributed by atoms with Crippen molar-refractivity contribution >= 4 is 11.0 Å². The fraction of sp³-hybridized carbons (Fsp3) is 0.467. The number of para-hydroxylation sites is 2. The molecule has 1 aromatic carbocycles. The molecule has 2 aromatic rings. The molecule has 1 heterocycles. The summed E-state index contributed by atoms with van der Waals surface area (Å²) in [6.07, 6.45) is 1.05. The van der Waals surface area contributed by atoms with Crippen molar-refractivity contribution in [3.8, 4) is 0 Å². The topological polar surface area (TPSA) is 46.0 Å². The molecule has 0 saturated heterocycles. The van der Waals surface area contributed by atoms with Crippen LogP contribution in [-0.4, -0.2) is 21.2 Å². The zero-order chi connectivity index (χ0) is 13.1. The fourth-order valence-electron chi connectivity index (χ4n) is 2.17. The minimum atomic E-state index is -0.334. The number of aliphatic hydroxyl groups excluding tert-OH is 1. The molecule has 96 valence electrons. The summed E-state index contributed by atoms with van der Waals surface area (Å²) < 4.78 is 0. The van der Waals surface area contributed by atoms with Crippen molar-refractivity contribution in [1.29, 1.82) is 0 Å². The predicted molar refractivity (Wildman–Crippen MR) is 73.4 cm³/mol. The Labute approximate surface area is 108 Å². The molecule has 18 heavy (non-hydrogen) atoms. The number of benzene rings is 1. The van der Waals surface area contributed by atoms with E-state index >= 15 is 0 Å². The van der Waals surface area contributed by atoms with Crippen molar-refractivity contribution in [3.63, 3.8) is 0 Å². The summed E-state index contributed by atoms with van der Waals surface area (Å²) in [5, 5.41) is 10.0. The summed E-state index contributed by atoms with van der Waals surface area (Å²) in [7, 11) is 0. The number of fused-ring (bicyclic) bond motifs is 1. The first-order valence-electron chi connectivity index (χ1n) is 6.46. The Kier molecular flexibility index (Phi) is 3.92. The number of rotatable bonds is 4. The van der Waals surface area contributed by atoms with E-state index < -0.39 is 0 Å². The summed E-state index contributed by atoms with van der Waals surface area (Å²) in [4.78, 5) is 9.13. The average Bonchev–Trinajstić information content (AvgIpc) is 2.29. The van der Waals surface area contributed by atoms with Gasteiger partial charge in [-0.2, -0.15) is 0 Å². The van der Waals surface area contributed by atoms with E-state index in [0.717, 1.165) is 28.8 Å². The van der Waals surface area contributed by atoms with Crippen molar-refractivity contribution in [1.82, 2.24) is 9.97 Å². The molecule has 0 fully saturated rings. The van der Waals surface area contributed by atoms with Gasteiger partial charge >= 0.3 is 0 Å². The number of aryl methyl sites for hydroxylation is 1. The largest absolute Gasteiger partial charge is 0.393 e. The van der Waals surface area contributed by atoms with Gasteiger partial charge in [0.2, 0.25) is 0 Å². The van der Waals surface area contributed by atoms with Crippen LogP contribution in [0.5, 0.6) is 0 Å². The van der Waals surface area contributed by atoms with Gasteiger partial charge in [0.15, 0.2) is 0 Å². The maximum Gasteiger partial charge on any atom is 0.0890 e. The second-order valence-corrected chi connectivity index (χ2v) is 5.23. The molecule has 1 atom stereocenters. The van der Waals surface area contributed by atoms with Crippen LogP contribution in [0.2, 0.25) is 0 Å². The Hall–Kier alpha value is -1.48. The zero-order valence-corrected chi connectivity index (χ0v) is 11.2. The summed E-state index contributed by atoms with van der Waals surface area (Å²) >= 11 is 0. The predicted octanol–water partition coefficient (Wildman–Crippen LogP) is 2.89. The minimum absolute atomic E-state index is 0.334. The molecule has 0 spiro atoms. The van der Waals surface area contributed by atoms with Crippen LogP contribution in [0.15, 0.2) is 24.3 Å². The molecule has 0 aliphatic heterocycles. The van der Waals surface area contributed by atoms with Gasteiger partial charge in [-0.3, -0.25) is 0 Å². The van der Waals surface area contributed by atoms with Gasteiger partial charge in [0.1, 0.15) is 0 Å². The summed E-state index contributed by atoms with van der Waals surface area (Å²) in [5.74, 6) is 0.494. The van der Waals surface area contributed by atoms with Crippen molar-refractivity contribution < 1.29 is 5.11 Å². The monoisotopic (exact) mass is 244 g/mol. The lowest BCUT2D eigenvalue weighted by Crippen LogP contribution is -2.15. The van der Waals surface area contributed by atoms with Gasteiger partial charge in [-0.1, -0.05) is 26.0 Å². The molecule has 0 bridgehead atoms. The van der Waals surface area contributed by atoms with E-state index in [1.54, 1.807) is 0 Å². The van der Waals surface area contributed by atoms with Crippen molar-refractivity contribution in [3.05, 3.63) is 35.7 Å². The average molecular weight is 244 g/mol. The molecular weight excluding hydrogens is 224 g/mol. The van der Waals surface area contributed by atoms with Gasteiger partial charge in [0, 0.05) is 6.42 Å². The third-order valence-corrected chi connectivity index (χ3v) is 3.02. The van der Waals surface area contributed by atoms with Gasteiger partial charge in [0.05, 0.1) is 28.5 Å².